The summed E-state index contributed by atoms with van der Waals surface area (Å²) in [5.74, 6) is -1.74. The number of carboxylic acids is 1. The van der Waals surface area contributed by atoms with E-state index in [1.807, 2.05) is 36.4 Å². The van der Waals surface area contributed by atoms with Crippen molar-refractivity contribution in [2.75, 3.05) is 0 Å². The van der Waals surface area contributed by atoms with Gasteiger partial charge in [-0.05, 0) is 53.6 Å². The number of nitrogens with one attached hydrogen (secondary N) is 1. The highest BCUT2D eigenvalue weighted by Gasteiger charge is 2.31. The summed E-state index contributed by atoms with van der Waals surface area (Å²) in [4.78, 5) is 23.2. The third-order valence-electron chi connectivity index (χ3n) is 3.40. The van der Waals surface area contributed by atoms with Crippen LogP contribution in [0.3, 0.4) is 0 Å². The number of carboxylic acid groups (broad SMARTS) is 1. The first-order valence-electron chi connectivity index (χ1n) is 6.33. The highest BCUT2D eigenvalue weighted by molar-refractivity contribution is 14.1. The van der Waals surface area contributed by atoms with Crippen LogP contribution in [0.15, 0.2) is 18.2 Å². The van der Waals surface area contributed by atoms with Gasteiger partial charge in [-0.1, -0.05) is 13.8 Å². The van der Waals surface area contributed by atoms with Crippen molar-refractivity contribution in [3.05, 3.63) is 33.1 Å². The number of benzene rings is 1. The fourth-order valence-electron chi connectivity index (χ4n) is 1.99. The lowest BCUT2D eigenvalue weighted by atomic mass is 9.88. The van der Waals surface area contributed by atoms with E-state index in [0.29, 0.717) is 22.0 Å². The quantitative estimate of drug-likeness (QED) is 0.730. The lowest BCUT2D eigenvalue weighted by Crippen LogP contribution is -2.49. The van der Waals surface area contributed by atoms with Gasteiger partial charge in [-0.15, -0.1) is 0 Å². The lowest BCUT2D eigenvalue weighted by molar-refractivity contribution is -0.138. The van der Waals surface area contributed by atoms with E-state index in [0.717, 1.165) is 0 Å². The molecule has 1 rings (SSSR count). The maximum absolute atomic E-state index is 13.0. The molecule has 0 saturated carbocycles. The van der Waals surface area contributed by atoms with Gasteiger partial charge in [0.15, 0.2) is 0 Å². The smallest absolute Gasteiger partial charge is 0.305 e. The van der Waals surface area contributed by atoms with E-state index in [1.165, 1.54) is 18.2 Å². The molecule has 0 atom stereocenters. The number of hydrogen-bond donors (Lipinski definition) is 2. The van der Waals surface area contributed by atoms with E-state index in [-0.39, 0.29) is 12.3 Å². The minimum absolute atomic E-state index is 0.135. The van der Waals surface area contributed by atoms with Crippen molar-refractivity contribution < 1.29 is 19.1 Å². The van der Waals surface area contributed by atoms with Crippen LogP contribution in [-0.2, 0) is 4.79 Å². The maximum Gasteiger partial charge on any atom is 0.305 e. The normalized spacial score (nSPS) is 11.2. The second-order valence-electron chi connectivity index (χ2n) is 4.64. The SMILES string of the molecule is CCC(CC)(CC(=O)O)NC(=O)c1ccc(F)cc1I. The zero-order chi connectivity index (χ0) is 15.3. The number of rotatable bonds is 6. The van der Waals surface area contributed by atoms with E-state index in [9.17, 15) is 14.0 Å². The molecule has 20 heavy (non-hydrogen) atoms. The molecule has 4 nitrogen and oxygen atoms in total. The Morgan fingerprint density at radius 1 is 1.35 bits per heavy atom. The highest BCUT2D eigenvalue weighted by Crippen LogP contribution is 2.22. The largest absolute Gasteiger partial charge is 0.481 e. The van der Waals surface area contributed by atoms with Crippen molar-refractivity contribution in [2.45, 2.75) is 38.6 Å². The summed E-state index contributed by atoms with van der Waals surface area (Å²) in [6, 6.07) is 3.89. The van der Waals surface area contributed by atoms with Crippen LogP contribution in [0.4, 0.5) is 4.39 Å². The molecule has 0 aliphatic carbocycles. The molecule has 0 unspecified atom stereocenters. The van der Waals surface area contributed by atoms with E-state index in [4.69, 9.17) is 5.11 Å². The lowest BCUT2D eigenvalue weighted by Gasteiger charge is -2.31. The Morgan fingerprint density at radius 3 is 2.40 bits per heavy atom. The molecule has 0 aromatic heterocycles. The van der Waals surface area contributed by atoms with E-state index in [2.05, 4.69) is 5.32 Å². The minimum atomic E-state index is -0.956. The van der Waals surface area contributed by atoms with Crippen molar-refractivity contribution >= 4 is 34.5 Å². The Bertz CT molecular complexity index is 515. The molecule has 0 bridgehead atoms. The molecule has 0 spiro atoms. The molecule has 0 aliphatic heterocycles. The summed E-state index contributed by atoms with van der Waals surface area (Å²) in [6.07, 6.45) is 0.891. The van der Waals surface area contributed by atoms with Gasteiger partial charge >= 0.3 is 5.97 Å². The van der Waals surface area contributed by atoms with Gasteiger partial charge in [0.1, 0.15) is 5.82 Å². The van der Waals surface area contributed by atoms with Gasteiger partial charge in [0, 0.05) is 3.57 Å². The van der Waals surface area contributed by atoms with Gasteiger partial charge in [0.05, 0.1) is 17.5 Å². The molecule has 0 aliphatic rings. The molecule has 1 aromatic carbocycles. The first-order chi connectivity index (χ1) is 9.33. The molecular weight excluding hydrogens is 376 g/mol. The first kappa shape index (κ1) is 16.9. The number of carbonyl (C=O) groups is 2. The van der Waals surface area contributed by atoms with Crippen molar-refractivity contribution in [2.24, 2.45) is 0 Å². The summed E-state index contributed by atoms with van der Waals surface area (Å²) in [5, 5.41) is 11.8. The van der Waals surface area contributed by atoms with Gasteiger partial charge in [0.25, 0.3) is 5.91 Å². The molecular formula is C14H17FINO3. The van der Waals surface area contributed by atoms with Crippen LogP contribution in [0, 0.1) is 9.39 Å². The van der Waals surface area contributed by atoms with Crippen molar-refractivity contribution in [3.63, 3.8) is 0 Å². The summed E-state index contributed by atoms with van der Waals surface area (Å²) >= 11 is 1.89. The third kappa shape index (κ3) is 4.16. The predicted molar refractivity (Wildman–Crippen MR) is 82.1 cm³/mol. The average Bonchev–Trinajstić information content (AvgIpc) is 2.37. The van der Waals surface area contributed by atoms with Crippen molar-refractivity contribution in [3.8, 4) is 0 Å². The molecule has 1 amide bonds. The predicted octanol–water partition coefficient (Wildman–Crippen LogP) is 3.19. The monoisotopic (exact) mass is 393 g/mol. The number of amides is 1. The van der Waals surface area contributed by atoms with Crippen LogP contribution < -0.4 is 5.32 Å². The molecule has 0 fully saturated rings. The fourth-order valence-corrected chi connectivity index (χ4v) is 2.71. The van der Waals surface area contributed by atoms with Crippen LogP contribution >= 0.6 is 22.6 Å². The fraction of sp³-hybridized carbons (Fsp3) is 0.429. The second kappa shape index (κ2) is 7.01. The average molecular weight is 393 g/mol. The summed E-state index contributed by atoms with van der Waals surface area (Å²) in [5.41, 5.74) is -0.427. The Kier molecular flexibility index (Phi) is 5.91. The Labute approximate surface area is 130 Å². The topological polar surface area (TPSA) is 66.4 Å². The first-order valence-corrected chi connectivity index (χ1v) is 7.41. The summed E-state index contributed by atoms with van der Waals surface area (Å²) < 4.78 is 13.5. The van der Waals surface area contributed by atoms with Crippen LogP contribution in [0.5, 0.6) is 0 Å². The van der Waals surface area contributed by atoms with E-state index in [1.54, 1.807) is 0 Å². The molecule has 0 radical (unpaired) electrons. The highest BCUT2D eigenvalue weighted by atomic mass is 127. The van der Waals surface area contributed by atoms with E-state index < -0.39 is 17.3 Å². The van der Waals surface area contributed by atoms with Gasteiger partial charge in [0.2, 0.25) is 0 Å². The van der Waals surface area contributed by atoms with Crippen LogP contribution in [0.2, 0.25) is 0 Å². The maximum atomic E-state index is 13.0. The number of halogens is 2. The zero-order valence-corrected chi connectivity index (χ0v) is 13.5. The Morgan fingerprint density at radius 2 is 1.95 bits per heavy atom. The molecule has 0 heterocycles. The minimum Gasteiger partial charge on any atom is -0.481 e. The van der Waals surface area contributed by atoms with Crippen LogP contribution in [0.25, 0.3) is 0 Å². The zero-order valence-electron chi connectivity index (χ0n) is 11.4. The van der Waals surface area contributed by atoms with Crippen molar-refractivity contribution in [1.29, 1.82) is 0 Å². The molecule has 0 saturated heterocycles. The van der Waals surface area contributed by atoms with Gasteiger partial charge in [-0.2, -0.15) is 0 Å². The van der Waals surface area contributed by atoms with Crippen LogP contribution in [0.1, 0.15) is 43.5 Å². The van der Waals surface area contributed by atoms with Crippen molar-refractivity contribution in [1.82, 2.24) is 5.32 Å². The summed E-state index contributed by atoms with van der Waals surface area (Å²) in [6.45, 7) is 3.67. The number of aliphatic carboxylic acids is 1. The molecule has 110 valence electrons. The van der Waals surface area contributed by atoms with E-state index >= 15 is 0 Å². The Balaban J connectivity index is 2.99. The number of hydrogen-bond acceptors (Lipinski definition) is 2. The molecule has 6 heteroatoms. The number of carbonyl (C=O) groups excluding carboxylic acids is 1. The Hall–Kier alpha value is -1.18. The summed E-state index contributed by atoms with van der Waals surface area (Å²) in [7, 11) is 0. The van der Waals surface area contributed by atoms with Gasteiger partial charge in [-0.25, -0.2) is 4.39 Å². The van der Waals surface area contributed by atoms with Gasteiger partial charge in [-0.3, -0.25) is 9.59 Å². The standard InChI is InChI=1S/C14H17FINO3/c1-3-14(4-2,8-12(18)19)17-13(20)10-6-5-9(15)7-11(10)16/h5-7H,3-4,8H2,1-2H3,(H,17,20)(H,18,19). The molecule has 2 N–H and O–H groups in total. The van der Waals surface area contributed by atoms with Gasteiger partial charge < -0.3 is 10.4 Å². The van der Waals surface area contributed by atoms with Crippen LogP contribution in [-0.4, -0.2) is 22.5 Å². The second-order valence-corrected chi connectivity index (χ2v) is 5.80. The third-order valence-corrected chi connectivity index (χ3v) is 4.29. The molecule has 1 aromatic rings.